The van der Waals surface area contributed by atoms with Crippen molar-refractivity contribution < 1.29 is 41.7 Å². The number of hydrogen-bond acceptors (Lipinski definition) is 2. The molecule has 0 unspecified atom stereocenters. The number of hydrogen-bond donors (Lipinski definition) is 2. The van der Waals surface area contributed by atoms with E-state index in [1.54, 1.807) is 4.52 Å². The molecule has 0 aliphatic heterocycles. The average Bonchev–Trinajstić information content (AvgIpc) is 2.35. The Hall–Kier alpha value is 1.01. The molecule has 0 fully saturated rings. The largest absolute Gasteiger partial charge is 0.388 e. The van der Waals surface area contributed by atoms with Gasteiger partial charge in [-0.15, -0.1) is 17.3 Å². The molecule has 0 aliphatic carbocycles. The molecule has 2 N–H and O–H groups in total. The van der Waals surface area contributed by atoms with Gasteiger partial charge in [-0.2, -0.15) is 0 Å². The van der Waals surface area contributed by atoms with Crippen molar-refractivity contribution >= 4 is 40.5 Å². The smallest absolute Gasteiger partial charge is 0.208 e. The fourth-order valence-corrected chi connectivity index (χ4v) is 1.38. The van der Waals surface area contributed by atoms with Crippen molar-refractivity contribution in [2.75, 3.05) is 0 Å². The maximum absolute atomic E-state index is 4.84. The Morgan fingerprint density at radius 1 is 1.64 bits per heavy atom. The summed E-state index contributed by atoms with van der Waals surface area (Å²) in [6.45, 7) is 0. The Balaban J connectivity index is 0.000000605. The number of nitrogens with zero attached hydrogens (tertiary/aromatic N) is 2. The molecule has 0 saturated carbocycles. The van der Waals surface area contributed by atoms with Crippen molar-refractivity contribution in [1.82, 2.24) is 19.8 Å². The standard InChI is InChI=1S/C4H2IN4S.Ce/c5-4-7-6-2-1-3(10)8-9(2)4;/h6H,(H,8,10);/q-1;. The zero-order valence-electron chi connectivity index (χ0n) is 5.18. The molecule has 11 heavy (non-hydrogen) atoms. The van der Waals surface area contributed by atoms with Gasteiger partial charge in [-0.1, -0.05) is 4.64 Å². The Morgan fingerprint density at radius 2 is 2.36 bits per heavy atom. The molecule has 56 valence electrons. The van der Waals surface area contributed by atoms with E-state index in [0.29, 0.717) is 4.64 Å². The number of H-pyrrole nitrogens is 2. The van der Waals surface area contributed by atoms with Crippen molar-refractivity contribution in [3.63, 3.8) is 0 Å². The van der Waals surface area contributed by atoms with Crippen molar-refractivity contribution in [3.8, 4) is 0 Å². The van der Waals surface area contributed by atoms with Crippen LogP contribution in [0.4, 0.5) is 0 Å². The van der Waals surface area contributed by atoms with Crippen LogP contribution in [-0.4, -0.2) is 19.8 Å². The van der Waals surface area contributed by atoms with Crippen LogP contribution in [0.1, 0.15) is 0 Å². The second-order valence-corrected chi connectivity index (χ2v) is 3.12. The molecule has 4 nitrogen and oxygen atoms in total. The molecule has 2 rings (SSSR count). The Morgan fingerprint density at radius 3 is 3.00 bits per heavy atom. The second-order valence-electron chi connectivity index (χ2n) is 1.74. The summed E-state index contributed by atoms with van der Waals surface area (Å²) < 4.78 is 3.15. The molecule has 0 amide bonds. The minimum atomic E-state index is 0. The van der Waals surface area contributed by atoms with Gasteiger partial charge in [0.15, 0.2) is 0 Å². The van der Waals surface area contributed by atoms with E-state index in [1.807, 2.05) is 0 Å². The first-order valence-electron chi connectivity index (χ1n) is 2.51. The molecule has 0 bridgehead atoms. The van der Waals surface area contributed by atoms with Crippen LogP contribution in [0.5, 0.6) is 0 Å². The molecular formula is C4H2CeIN4S-. The van der Waals surface area contributed by atoms with E-state index in [2.05, 4.69) is 44.0 Å². The monoisotopic (exact) mass is 405 g/mol. The van der Waals surface area contributed by atoms with E-state index < -0.39 is 0 Å². The summed E-state index contributed by atoms with van der Waals surface area (Å²) in [5.41, 5.74) is 0.773. The van der Waals surface area contributed by atoms with Crippen LogP contribution in [0.3, 0.4) is 0 Å². The number of rotatable bonds is 0. The van der Waals surface area contributed by atoms with Crippen molar-refractivity contribution in [1.29, 1.82) is 0 Å². The molecule has 2 heterocycles. The van der Waals surface area contributed by atoms with E-state index in [1.165, 1.54) is 0 Å². The number of fused-ring (bicyclic) bond motifs is 1. The van der Waals surface area contributed by atoms with Crippen LogP contribution in [0.2, 0.25) is 0 Å². The first-order valence-corrected chi connectivity index (χ1v) is 4.00. The van der Waals surface area contributed by atoms with Gasteiger partial charge in [-0.25, -0.2) is 0 Å². The first-order chi connectivity index (χ1) is 4.77. The van der Waals surface area contributed by atoms with Gasteiger partial charge in [0.2, 0.25) is 3.83 Å². The molecule has 0 aromatic carbocycles. The number of nitrogens with one attached hydrogen (secondary N) is 2. The predicted molar refractivity (Wildman–Crippen MR) is 46.3 cm³/mol. The van der Waals surface area contributed by atoms with Crippen LogP contribution < -0.4 is 0 Å². The van der Waals surface area contributed by atoms with Gasteiger partial charge in [0, 0.05) is 64.3 Å². The predicted octanol–water partition coefficient (Wildman–Crippen LogP) is 1.12. The van der Waals surface area contributed by atoms with Crippen LogP contribution in [0.25, 0.3) is 5.65 Å². The van der Waals surface area contributed by atoms with Gasteiger partial charge in [-0.3, -0.25) is 9.61 Å². The summed E-state index contributed by atoms with van der Waals surface area (Å²) in [6, 6.07) is 2.88. The fraction of sp³-hybridized carbons (Fsp3) is 0. The van der Waals surface area contributed by atoms with Crippen LogP contribution in [0, 0.1) is 56.3 Å². The summed E-state index contributed by atoms with van der Waals surface area (Å²) in [5.74, 6) is 0. The second kappa shape index (κ2) is 3.81. The van der Waals surface area contributed by atoms with Crippen LogP contribution in [-0.2, 0) is 0 Å². The molecule has 0 aliphatic rings. The summed E-state index contributed by atoms with van der Waals surface area (Å²) in [5, 5.41) is 9.55. The fourth-order valence-electron chi connectivity index (χ4n) is 0.714. The molecule has 0 saturated heterocycles. The van der Waals surface area contributed by atoms with Gasteiger partial charge >= 0.3 is 0 Å². The summed E-state index contributed by atoms with van der Waals surface area (Å²) in [7, 11) is 0. The van der Waals surface area contributed by atoms with Crippen molar-refractivity contribution in [2.24, 2.45) is 0 Å². The normalized spacial score (nSPS) is 9.91. The maximum atomic E-state index is 4.84. The van der Waals surface area contributed by atoms with Gasteiger partial charge in [-0.05, 0) is 5.65 Å². The molecule has 0 spiro atoms. The van der Waals surface area contributed by atoms with E-state index >= 15 is 0 Å². The zero-order chi connectivity index (χ0) is 7.14. The molecular weight excluding hydrogens is 403 g/mol. The third-order valence-corrected chi connectivity index (χ3v) is 2.02. The minimum absolute atomic E-state index is 0. The van der Waals surface area contributed by atoms with Crippen molar-refractivity contribution in [3.05, 3.63) is 14.5 Å². The third kappa shape index (κ3) is 1.84. The van der Waals surface area contributed by atoms with Gasteiger partial charge < -0.3 is 11.2 Å². The summed E-state index contributed by atoms with van der Waals surface area (Å²) >= 11 is 6.93. The Kier molecular flexibility index (Phi) is 3.50. The Labute approximate surface area is 115 Å². The minimum Gasteiger partial charge on any atom is -0.388 e. The number of halogens is 1. The molecule has 7 heteroatoms. The van der Waals surface area contributed by atoms with E-state index in [-0.39, 0.29) is 41.7 Å². The third-order valence-electron chi connectivity index (χ3n) is 1.11. The van der Waals surface area contributed by atoms with Crippen molar-refractivity contribution in [2.45, 2.75) is 0 Å². The van der Waals surface area contributed by atoms with Gasteiger partial charge in [0.05, 0.1) is 0 Å². The molecule has 2 aromatic rings. The van der Waals surface area contributed by atoms with E-state index in [9.17, 15) is 0 Å². The SMILES string of the molecule is S=c1[c-]c2[nH]nc(I)n2[nH]1.[Ce]. The molecule has 2 aromatic heterocycles. The van der Waals surface area contributed by atoms with Crippen LogP contribution >= 0.6 is 34.8 Å². The molecule has 0 radical (unpaired) electrons. The summed E-state index contributed by atoms with van der Waals surface area (Å²) in [4.78, 5) is 0. The Bertz CT molecular complexity index is 415. The number of aromatic nitrogens is 4. The topological polar surface area (TPSA) is 48.9 Å². The zero-order valence-corrected chi connectivity index (χ0v) is 11.3. The van der Waals surface area contributed by atoms with Gasteiger partial charge in [0.25, 0.3) is 0 Å². The average molecular weight is 405 g/mol. The van der Waals surface area contributed by atoms with E-state index in [0.717, 1.165) is 9.48 Å². The van der Waals surface area contributed by atoms with E-state index in [4.69, 9.17) is 12.2 Å². The molecule has 0 atom stereocenters. The quantitative estimate of drug-likeness (QED) is 0.392. The van der Waals surface area contributed by atoms with Gasteiger partial charge in [0.1, 0.15) is 0 Å². The maximum Gasteiger partial charge on any atom is 0.208 e. The summed E-state index contributed by atoms with van der Waals surface area (Å²) in [6.07, 6.45) is 0. The first kappa shape index (κ1) is 10.1. The van der Waals surface area contributed by atoms with Crippen LogP contribution in [0.15, 0.2) is 0 Å². The number of aromatic amines is 2.